The molecule has 4 nitrogen and oxygen atoms in total. The standard InChI is InChI=1S/C22H22ClFN2O2/c1-2-28-22(27)25-10-9-15(13-25)11-16-14-26(19-6-4-18(24)5-7-19)21-8-3-17(23)12-20(16)21/h3-8,12,14-15H,2,9-11,13H2,1H3. The molecule has 2 heterocycles. The van der Waals surface area contributed by atoms with Gasteiger partial charge in [-0.25, -0.2) is 9.18 Å². The first-order valence-corrected chi connectivity index (χ1v) is 9.90. The van der Waals surface area contributed by atoms with Gasteiger partial charge >= 0.3 is 6.09 Å². The summed E-state index contributed by atoms with van der Waals surface area (Å²) in [4.78, 5) is 13.7. The number of halogens is 2. The topological polar surface area (TPSA) is 34.5 Å². The van der Waals surface area contributed by atoms with Gasteiger partial charge in [0.15, 0.2) is 0 Å². The molecule has 1 saturated heterocycles. The van der Waals surface area contributed by atoms with Gasteiger partial charge in [0.25, 0.3) is 0 Å². The molecule has 1 atom stereocenters. The normalized spacial score (nSPS) is 16.7. The van der Waals surface area contributed by atoms with Gasteiger partial charge in [-0.15, -0.1) is 0 Å². The third-order valence-electron chi connectivity index (χ3n) is 5.27. The van der Waals surface area contributed by atoms with E-state index in [9.17, 15) is 9.18 Å². The molecular weight excluding hydrogens is 379 g/mol. The minimum atomic E-state index is -0.256. The predicted molar refractivity (Wildman–Crippen MR) is 109 cm³/mol. The molecule has 4 rings (SSSR count). The zero-order chi connectivity index (χ0) is 19.7. The minimum absolute atomic E-state index is 0.234. The van der Waals surface area contributed by atoms with Gasteiger partial charge in [-0.3, -0.25) is 0 Å². The molecule has 1 unspecified atom stereocenters. The van der Waals surface area contributed by atoms with Gasteiger partial charge in [-0.2, -0.15) is 0 Å². The van der Waals surface area contributed by atoms with E-state index in [1.807, 2.05) is 25.1 Å². The Balaban J connectivity index is 1.63. The SMILES string of the molecule is CCOC(=O)N1CCC(Cc2cn(-c3ccc(F)cc3)c3ccc(Cl)cc23)C1. The summed E-state index contributed by atoms with van der Waals surface area (Å²) in [6.45, 7) is 3.63. The largest absolute Gasteiger partial charge is 0.450 e. The molecule has 146 valence electrons. The summed E-state index contributed by atoms with van der Waals surface area (Å²) in [5.41, 5.74) is 3.11. The van der Waals surface area contributed by atoms with Crippen molar-refractivity contribution in [2.24, 2.45) is 5.92 Å². The number of carbonyl (C=O) groups excluding carboxylic acids is 1. The van der Waals surface area contributed by atoms with E-state index in [0.29, 0.717) is 24.1 Å². The van der Waals surface area contributed by atoms with Crippen LogP contribution in [0.5, 0.6) is 0 Å². The molecule has 0 radical (unpaired) electrons. The van der Waals surface area contributed by atoms with Crippen LogP contribution in [0.25, 0.3) is 16.6 Å². The lowest BCUT2D eigenvalue weighted by Crippen LogP contribution is -2.29. The molecule has 0 saturated carbocycles. The van der Waals surface area contributed by atoms with Gasteiger partial charge < -0.3 is 14.2 Å². The van der Waals surface area contributed by atoms with Gasteiger partial charge in [0, 0.05) is 35.4 Å². The van der Waals surface area contributed by atoms with Crippen LogP contribution < -0.4 is 0 Å². The van der Waals surface area contributed by atoms with Crippen molar-refractivity contribution in [3.8, 4) is 5.69 Å². The van der Waals surface area contributed by atoms with E-state index in [1.54, 1.807) is 17.0 Å². The van der Waals surface area contributed by atoms with E-state index >= 15 is 0 Å². The number of rotatable bonds is 4. The van der Waals surface area contributed by atoms with Crippen LogP contribution >= 0.6 is 11.6 Å². The van der Waals surface area contributed by atoms with Gasteiger partial charge in [0.05, 0.1) is 12.1 Å². The number of carbonyl (C=O) groups is 1. The van der Waals surface area contributed by atoms with E-state index in [1.165, 1.54) is 17.7 Å². The number of likely N-dealkylation sites (tertiary alicyclic amines) is 1. The number of amides is 1. The smallest absolute Gasteiger partial charge is 0.409 e. The molecule has 28 heavy (non-hydrogen) atoms. The first kappa shape index (κ1) is 18.8. The molecule has 1 aliphatic heterocycles. The van der Waals surface area contributed by atoms with E-state index in [4.69, 9.17) is 16.3 Å². The molecular formula is C22H22ClFN2O2. The molecule has 2 aromatic carbocycles. The number of aromatic nitrogens is 1. The maximum atomic E-state index is 13.3. The lowest BCUT2D eigenvalue weighted by molar-refractivity contribution is 0.114. The summed E-state index contributed by atoms with van der Waals surface area (Å²) in [6, 6.07) is 12.3. The first-order chi connectivity index (χ1) is 13.5. The van der Waals surface area contributed by atoms with Crippen LogP contribution in [0.15, 0.2) is 48.7 Å². The molecule has 6 heteroatoms. The first-order valence-electron chi connectivity index (χ1n) is 9.52. The highest BCUT2D eigenvalue weighted by Gasteiger charge is 2.28. The van der Waals surface area contributed by atoms with Crippen molar-refractivity contribution in [3.05, 3.63) is 65.1 Å². The monoisotopic (exact) mass is 400 g/mol. The van der Waals surface area contributed by atoms with Crippen LogP contribution in [0.1, 0.15) is 18.9 Å². The fraction of sp³-hybridized carbons (Fsp3) is 0.318. The third-order valence-corrected chi connectivity index (χ3v) is 5.51. The molecule has 1 aromatic heterocycles. The predicted octanol–water partition coefficient (Wildman–Crippen LogP) is 5.44. The maximum absolute atomic E-state index is 13.3. The van der Waals surface area contributed by atoms with Crippen molar-refractivity contribution in [1.82, 2.24) is 9.47 Å². The molecule has 0 N–H and O–H groups in total. The molecule has 1 amide bonds. The zero-order valence-electron chi connectivity index (χ0n) is 15.7. The molecule has 0 aliphatic carbocycles. The summed E-state index contributed by atoms with van der Waals surface area (Å²) in [5.74, 6) is 0.115. The zero-order valence-corrected chi connectivity index (χ0v) is 16.5. The third kappa shape index (κ3) is 3.72. The molecule has 0 bridgehead atoms. The number of fused-ring (bicyclic) bond motifs is 1. The van der Waals surface area contributed by atoms with Crippen molar-refractivity contribution in [2.45, 2.75) is 19.8 Å². The second kappa shape index (κ2) is 7.84. The van der Waals surface area contributed by atoms with Crippen LogP contribution in [0.3, 0.4) is 0 Å². The van der Waals surface area contributed by atoms with Gasteiger partial charge in [0.2, 0.25) is 0 Å². The van der Waals surface area contributed by atoms with Crippen LogP contribution in [-0.4, -0.2) is 35.3 Å². The quantitative estimate of drug-likeness (QED) is 0.584. The minimum Gasteiger partial charge on any atom is -0.450 e. The van der Waals surface area contributed by atoms with Crippen molar-refractivity contribution in [1.29, 1.82) is 0 Å². The Morgan fingerprint density at radius 3 is 2.79 bits per heavy atom. The highest BCUT2D eigenvalue weighted by atomic mass is 35.5. The highest BCUT2D eigenvalue weighted by molar-refractivity contribution is 6.31. The summed E-state index contributed by atoms with van der Waals surface area (Å²) in [5, 5.41) is 1.77. The van der Waals surface area contributed by atoms with Gasteiger partial charge in [-0.1, -0.05) is 11.6 Å². The lowest BCUT2D eigenvalue weighted by Gasteiger charge is -2.15. The van der Waals surface area contributed by atoms with Crippen molar-refractivity contribution in [2.75, 3.05) is 19.7 Å². The van der Waals surface area contributed by atoms with E-state index in [2.05, 4.69) is 10.8 Å². The summed E-state index contributed by atoms with van der Waals surface area (Å²) >= 11 is 6.25. The van der Waals surface area contributed by atoms with Crippen molar-refractivity contribution in [3.63, 3.8) is 0 Å². The lowest BCUT2D eigenvalue weighted by atomic mass is 9.98. The average molecular weight is 401 g/mol. The number of ether oxygens (including phenoxy) is 1. The Morgan fingerprint density at radius 1 is 1.25 bits per heavy atom. The summed E-state index contributed by atoms with van der Waals surface area (Å²) in [7, 11) is 0. The summed E-state index contributed by atoms with van der Waals surface area (Å²) < 4.78 is 20.5. The second-order valence-corrected chi connectivity index (χ2v) is 7.60. The van der Waals surface area contributed by atoms with Gasteiger partial charge in [0.1, 0.15) is 5.82 Å². The van der Waals surface area contributed by atoms with Crippen molar-refractivity contribution >= 4 is 28.6 Å². The van der Waals surface area contributed by atoms with Crippen LogP contribution in [0, 0.1) is 11.7 Å². The fourth-order valence-corrected chi connectivity index (χ4v) is 4.11. The number of hydrogen-bond donors (Lipinski definition) is 0. The van der Waals surface area contributed by atoms with Gasteiger partial charge in [-0.05, 0) is 73.7 Å². The Hall–Kier alpha value is -2.53. The van der Waals surface area contributed by atoms with Crippen LogP contribution in [-0.2, 0) is 11.2 Å². The molecule has 1 aliphatic rings. The Kier molecular flexibility index (Phi) is 5.27. The molecule has 1 fully saturated rings. The maximum Gasteiger partial charge on any atom is 0.409 e. The van der Waals surface area contributed by atoms with E-state index in [-0.39, 0.29) is 11.9 Å². The van der Waals surface area contributed by atoms with E-state index < -0.39 is 0 Å². The second-order valence-electron chi connectivity index (χ2n) is 7.17. The van der Waals surface area contributed by atoms with E-state index in [0.717, 1.165) is 36.0 Å². The number of nitrogens with zero attached hydrogens (tertiary/aromatic N) is 2. The highest BCUT2D eigenvalue weighted by Crippen LogP contribution is 2.31. The van der Waals surface area contributed by atoms with Crippen LogP contribution in [0.4, 0.5) is 9.18 Å². The summed E-state index contributed by atoms with van der Waals surface area (Å²) in [6.07, 6.45) is 3.66. The van der Waals surface area contributed by atoms with Crippen molar-refractivity contribution < 1.29 is 13.9 Å². The average Bonchev–Trinajstić information content (AvgIpc) is 3.28. The molecule has 3 aromatic rings. The fourth-order valence-electron chi connectivity index (χ4n) is 3.94. The van der Waals surface area contributed by atoms with Crippen LogP contribution in [0.2, 0.25) is 5.02 Å². The number of benzene rings is 2. The molecule has 0 spiro atoms. The Morgan fingerprint density at radius 2 is 2.04 bits per heavy atom. The Bertz CT molecular complexity index is 1000. The number of hydrogen-bond acceptors (Lipinski definition) is 2. The Labute approximate surface area is 168 Å².